The highest BCUT2D eigenvalue weighted by Crippen LogP contribution is 2.26. The number of non-ortho nitro benzene ring substituents is 1. The zero-order chi connectivity index (χ0) is 16.4. The van der Waals surface area contributed by atoms with E-state index in [1.165, 1.54) is 23.5 Å². The van der Waals surface area contributed by atoms with E-state index < -0.39 is 4.92 Å². The van der Waals surface area contributed by atoms with Crippen molar-refractivity contribution in [2.45, 2.75) is 13.0 Å². The maximum Gasteiger partial charge on any atom is 0.273 e. The predicted octanol–water partition coefficient (Wildman–Crippen LogP) is 2.57. The molecule has 0 saturated carbocycles. The van der Waals surface area contributed by atoms with Crippen LogP contribution in [0.25, 0.3) is 10.6 Å². The third kappa shape index (κ3) is 3.72. The molecule has 3 rings (SSSR count). The van der Waals surface area contributed by atoms with Crippen LogP contribution in [0.5, 0.6) is 0 Å². The van der Waals surface area contributed by atoms with Crippen LogP contribution in [-0.4, -0.2) is 46.4 Å². The van der Waals surface area contributed by atoms with Gasteiger partial charge in [0.15, 0.2) is 0 Å². The van der Waals surface area contributed by atoms with E-state index in [1.54, 1.807) is 17.5 Å². The molecule has 1 saturated heterocycles. The predicted molar refractivity (Wildman–Crippen MR) is 94.8 cm³/mol. The van der Waals surface area contributed by atoms with Crippen molar-refractivity contribution >= 4 is 35.3 Å². The molecular weight excluding hydrogens is 352 g/mol. The molecule has 7 nitrogen and oxygen atoms in total. The molecule has 1 atom stereocenters. The van der Waals surface area contributed by atoms with Gasteiger partial charge in [-0.3, -0.25) is 14.9 Å². The Kier molecular flexibility index (Phi) is 5.87. The summed E-state index contributed by atoms with van der Waals surface area (Å²) in [6, 6.07) is 6.32. The summed E-state index contributed by atoms with van der Waals surface area (Å²) < 4.78 is 0. The molecule has 0 unspecified atom stereocenters. The molecule has 1 aromatic carbocycles. The lowest BCUT2D eigenvalue weighted by molar-refractivity contribution is -0.384. The topological polar surface area (TPSA) is 88.4 Å². The van der Waals surface area contributed by atoms with Crippen molar-refractivity contribution in [3.05, 3.63) is 45.5 Å². The molecule has 24 heavy (non-hydrogen) atoms. The number of hydrogen-bond donors (Lipinski definition) is 1. The number of aromatic nitrogens is 1. The molecule has 0 spiro atoms. The highest BCUT2D eigenvalue weighted by molar-refractivity contribution is 7.13. The summed E-state index contributed by atoms with van der Waals surface area (Å²) in [7, 11) is 0. The number of amides is 1. The molecule has 2 heterocycles. The van der Waals surface area contributed by atoms with Crippen LogP contribution in [0, 0.1) is 10.1 Å². The van der Waals surface area contributed by atoms with Crippen LogP contribution in [-0.2, 0) is 0 Å². The molecular formula is C15H17ClN4O3S. The van der Waals surface area contributed by atoms with Crippen molar-refractivity contribution in [1.82, 2.24) is 15.2 Å². The van der Waals surface area contributed by atoms with Gasteiger partial charge in [-0.25, -0.2) is 4.98 Å². The molecule has 1 N–H and O–H groups in total. The number of carbonyl (C=O) groups is 1. The summed E-state index contributed by atoms with van der Waals surface area (Å²) in [5.74, 6) is -0.0663. The largest absolute Gasteiger partial charge is 0.332 e. The molecule has 1 aliphatic heterocycles. The lowest BCUT2D eigenvalue weighted by Gasteiger charge is -2.33. The first kappa shape index (κ1) is 18.3. The van der Waals surface area contributed by atoms with E-state index in [2.05, 4.69) is 10.3 Å². The molecule has 0 aliphatic carbocycles. The van der Waals surface area contributed by atoms with Gasteiger partial charge >= 0.3 is 0 Å². The minimum atomic E-state index is -0.438. The number of piperazine rings is 1. The van der Waals surface area contributed by atoms with Crippen molar-refractivity contribution in [1.29, 1.82) is 0 Å². The van der Waals surface area contributed by atoms with Crippen molar-refractivity contribution in [3.8, 4) is 10.6 Å². The Morgan fingerprint density at radius 3 is 2.75 bits per heavy atom. The lowest BCUT2D eigenvalue weighted by atomic mass is 10.2. The Morgan fingerprint density at radius 2 is 2.12 bits per heavy atom. The number of nitro benzene ring substituents is 1. The molecule has 9 heteroatoms. The van der Waals surface area contributed by atoms with Crippen LogP contribution >= 0.6 is 23.7 Å². The van der Waals surface area contributed by atoms with Crippen molar-refractivity contribution in [2.75, 3.05) is 19.6 Å². The van der Waals surface area contributed by atoms with Gasteiger partial charge in [0.2, 0.25) is 0 Å². The first-order valence-corrected chi connectivity index (χ1v) is 8.16. The minimum absolute atomic E-state index is 0. The van der Waals surface area contributed by atoms with Crippen LogP contribution in [0.3, 0.4) is 0 Å². The summed E-state index contributed by atoms with van der Waals surface area (Å²) in [4.78, 5) is 29.0. The third-order valence-electron chi connectivity index (χ3n) is 3.81. The monoisotopic (exact) mass is 368 g/mol. The van der Waals surface area contributed by atoms with Gasteiger partial charge in [0.05, 0.1) is 4.92 Å². The van der Waals surface area contributed by atoms with Crippen molar-refractivity contribution in [2.24, 2.45) is 0 Å². The third-order valence-corrected chi connectivity index (χ3v) is 4.70. The van der Waals surface area contributed by atoms with Crippen molar-refractivity contribution in [3.63, 3.8) is 0 Å². The number of thiazole rings is 1. The zero-order valence-electron chi connectivity index (χ0n) is 13.0. The van der Waals surface area contributed by atoms with Gasteiger partial charge < -0.3 is 10.2 Å². The van der Waals surface area contributed by atoms with Crippen LogP contribution in [0.2, 0.25) is 0 Å². The normalized spacial score (nSPS) is 17.2. The number of rotatable bonds is 3. The van der Waals surface area contributed by atoms with Crippen LogP contribution in [0.4, 0.5) is 5.69 Å². The molecule has 0 radical (unpaired) electrons. The van der Waals surface area contributed by atoms with E-state index in [1.807, 2.05) is 11.8 Å². The second-order valence-electron chi connectivity index (χ2n) is 5.39. The number of nitrogens with one attached hydrogen (secondary N) is 1. The van der Waals surface area contributed by atoms with E-state index in [-0.39, 0.29) is 30.0 Å². The molecule has 1 aromatic heterocycles. The van der Waals surface area contributed by atoms with E-state index in [4.69, 9.17) is 0 Å². The summed E-state index contributed by atoms with van der Waals surface area (Å²) in [6.45, 7) is 4.25. The minimum Gasteiger partial charge on any atom is -0.332 e. The smallest absolute Gasteiger partial charge is 0.273 e. The quantitative estimate of drug-likeness (QED) is 0.664. The Morgan fingerprint density at radius 1 is 1.42 bits per heavy atom. The van der Waals surface area contributed by atoms with Gasteiger partial charge in [0, 0.05) is 48.8 Å². The fraction of sp³-hybridized carbons (Fsp3) is 0.333. The van der Waals surface area contributed by atoms with Crippen molar-refractivity contribution < 1.29 is 9.72 Å². The fourth-order valence-electron chi connectivity index (χ4n) is 2.52. The molecule has 2 aromatic rings. The number of halogens is 1. The number of benzene rings is 1. The lowest BCUT2D eigenvalue weighted by Crippen LogP contribution is -2.52. The van der Waals surface area contributed by atoms with Crippen LogP contribution < -0.4 is 5.32 Å². The first-order chi connectivity index (χ1) is 11.1. The van der Waals surface area contributed by atoms with Gasteiger partial charge in [-0.2, -0.15) is 0 Å². The van der Waals surface area contributed by atoms with E-state index in [9.17, 15) is 14.9 Å². The SMILES string of the molecule is C[C@@H]1CNCCN1C(=O)c1csc(-c2ccc([N+](=O)[O-])cc2)n1.Cl. The maximum atomic E-state index is 12.6. The van der Waals surface area contributed by atoms with Gasteiger partial charge in [-0.1, -0.05) is 0 Å². The standard InChI is InChI=1S/C15H16N4O3S.ClH/c1-10-8-16-6-7-18(10)15(20)13-9-23-14(17-13)11-2-4-12(5-3-11)19(21)22;/h2-5,9-10,16H,6-8H2,1H3;1H/t10-;/m1./s1. The number of hydrogen-bond acceptors (Lipinski definition) is 6. The first-order valence-electron chi connectivity index (χ1n) is 7.28. The van der Waals surface area contributed by atoms with Crippen LogP contribution in [0.1, 0.15) is 17.4 Å². The molecule has 1 amide bonds. The fourth-order valence-corrected chi connectivity index (χ4v) is 3.32. The van der Waals surface area contributed by atoms with E-state index in [0.29, 0.717) is 17.2 Å². The molecule has 1 aliphatic rings. The average Bonchev–Trinajstić information content (AvgIpc) is 3.05. The Labute approximate surface area is 149 Å². The zero-order valence-corrected chi connectivity index (χ0v) is 14.6. The number of carbonyl (C=O) groups excluding carboxylic acids is 1. The van der Waals surface area contributed by atoms with E-state index >= 15 is 0 Å². The average molecular weight is 369 g/mol. The van der Waals surface area contributed by atoms with E-state index in [0.717, 1.165) is 18.7 Å². The van der Waals surface area contributed by atoms with Gasteiger partial charge in [-0.05, 0) is 19.1 Å². The van der Waals surface area contributed by atoms with Crippen LogP contribution in [0.15, 0.2) is 29.6 Å². The van der Waals surface area contributed by atoms with Gasteiger partial charge in [0.25, 0.3) is 11.6 Å². The highest BCUT2D eigenvalue weighted by Gasteiger charge is 2.25. The summed E-state index contributed by atoms with van der Waals surface area (Å²) in [5.41, 5.74) is 1.24. The molecule has 0 bridgehead atoms. The number of nitro groups is 1. The summed E-state index contributed by atoms with van der Waals surface area (Å²) in [5, 5.41) is 16.4. The Hall–Kier alpha value is -2.03. The second-order valence-corrected chi connectivity index (χ2v) is 6.25. The Balaban J connectivity index is 0.00000208. The van der Waals surface area contributed by atoms with Gasteiger partial charge in [0.1, 0.15) is 10.7 Å². The Bertz CT molecular complexity index is 735. The molecule has 1 fully saturated rings. The summed E-state index contributed by atoms with van der Waals surface area (Å²) >= 11 is 1.37. The second kappa shape index (κ2) is 7.69. The number of nitrogens with zero attached hydrogens (tertiary/aromatic N) is 3. The maximum absolute atomic E-state index is 12.6. The van der Waals surface area contributed by atoms with Gasteiger partial charge in [-0.15, -0.1) is 23.7 Å². The highest BCUT2D eigenvalue weighted by atomic mass is 35.5. The molecule has 128 valence electrons. The summed E-state index contributed by atoms with van der Waals surface area (Å²) in [6.07, 6.45) is 0.